The third-order valence-electron chi connectivity index (χ3n) is 3.00. The van der Waals surface area contributed by atoms with E-state index in [1.165, 1.54) is 5.56 Å². The van der Waals surface area contributed by atoms with Gasteiger partial charge in [-0.3, -0.25) is 0 Å². The lowest BCUT2D eigenvalue weighted by atomic mass is 10.1. The van der Waals surface area contributed by atoms with Crippen molar-refractivity contribution in [2.45, 2.75) is 38.9 Å². The molecule has 0 radical (unpaired) electrons. The molecule has 0 amide bonds. The lowest BCUT2D eigenvalue weighted by Crippen LogP contribution is -2.05. The van der Waals surface area contributed by atoms with Gasteiger partial charge in [-0.15, -0.1) is 22.9 Å². The van der Waals surface area contributed by atoms with E-state index in [1.807, 2.05) is 5.38 Å². The average molecular weight is 296 g/mol. The Morgan fingerprint density at radius 2 is 2.05 bits per heavy atom. The Kier molecular flexibility index (Phi) is 5.37. The van der Waals surface area contributed by atoms with Gasteiger partial charge in [-0.25, -0.2) is 4.98 Å². The maximum absolute atomic E-state index is 5.77. The monoisotopic (exact) mass is 295 g/mol. The number of nitrogens with zero attached hydrogens (tertiary/aromatic N) is 1. The highest BCUT2D eigenvalue weighted by Gasteiger charge is 2.05. The first kappa shape index (κ1) is 14.5. The topological polar surface area (TPSA) is 22.1 Å². The van der Waals surface area contributed by atoms with E-state index in [-0.39, 0.29) is 0 Å². The number of hydrogen-bond donors (Lipinski definition) is 0. The number of halogens is 1. The third kappa shape index (κ3) is 4.03. The zero-order valence-electron chi connectivity index (χ0n) is 11.2. The van der Waals surface area contributed by atoms with Crippen molar-refractivity contribution in [1.29, 1.82) is 0 Å². The van der Waals surface area contributed by atoms with Crippen molar-refractivity contribution in [3.8, 4) is 10.6 Å². The fourth-order valence-corrected chi connectivity index (χ4v) is 2.66. The predicted molar refractivity (Wildman–Crippen MR) is 81.6 cm³/mol. The number of alkyl halides is 1. The van der Waals surface area contributed by atoms with E-state index in [4.69, 9.17) is 16.3 Å². The number of rotatable bonds is 6. The maximum Gasteiger partial charge on any atom is 0.123 e. The molecule has 0 bridgehead atoms. The molecule has 1 aromatic carbocycles. The Hall–Kier alpha value is -0.900. The van der Waals surface area contributed by atoms with Gasteiger partial charge in [0.25, 0.3) is 0 Å². The van der Waals surface area contributed by atoms with E-state index in [1.54, 1.807) is 11.3 Å². The molecule has 0 N–H and O–H groups in total. The number of hydrogen-bond acceptors (Lipinski definition) is 3. The normalized spacial score (nSPS) is 12.6. The second-order valence-corrected chi connectivity index (χ2v) is 5.63. The minimum Gasteiger partial charge on any atom is -0.374 e. The van der Waals surface area contributed by atoms with Gasteiger partial charge >= 0.3 is 0 Å². The fraction of sp³-hybridized carbons (Fsp3) is 0.400. The van der Waals surface area contributed by atoms with Gasteiger partial charge in [-0.1, -0.05) is 31.2 Å². The van der Waals surface area contributed by atoms with Crippen LogP contribution < -0.4 is 0 Å². The number of thiazole rings is 1. The van der Waals surface area contributed by atoms with E-state index < -0.39 is 0 Å². The first-order valence-corrected chi connectivity index (χ1v) is 7.85. The molecule has 0 aliphatic carbocycles. The van der Waals surface area contributed by atoms with Crippen molar-refractivity contribution >= 4 is 22.9 Å². The van der Waals surface area contributed by atoms with E-state index in [2.05, 4.69) is 43.1 Å². The zero-order valence-corrected chi connectivity index (χ0v) is 12.8. The summed E-state index contributed by atoms with van der Waals surface area (Å²) < 4.78 is 5.71. The van der Waals surface area contributed by atoms with Crippen LogP contribution in [0.2, 0.25) is 0 Å². The lowest BCUT2D eigenvalue weighted by Gasteiger charge is -2.10. The standard InChI is InChI=1S/C15H18ClNOS/c1-3-11(2)18-9-12-4-6-13(7-5-12)15-17-14(8-16)10-19-15/h4-7,10-11H,3,8-9H2,1-2H3. The Bertz CT molecular complexity index is 509. The Morgan fingerprint density at radius 1 is 1.32 bits per heavy atom. The van der Waals surface area contributed by atoms with E-state index in [0.29, 0.717) is 18.6 Å². The highest BCUT2D eigenvalue weighted by Crippen LogP contribution is 2.24. The van der Waals surface area contributed by atoms with Crippen molar-refractivity contribution in [1.82, 2.24) is 4.98 Å². The van der Waals surface area contributed by atoms with Crippen molar-refractivity contribution < 1.29 is 4.74 Å². The summed E-state index contributed by atoms with van der Waals surface area (Å²) in [6.07, 6.45) is 1.35. The summed E-state index contributed by atoms with van der Waals surface area (Å²) in [4.78, 5) is 4.47. The van der Waals surface area contributed by atoms with Crippen molar-refractivity contribution in [2.75, 3.05) is 0 Å². The highest BCUT2D eigenvalue weighted by atomic mass is 35.5. The number of aromatic nitrogens is 1. The predicted octanol–water partition coefficient (Wildman–Crippen LogP) is 4.86. The zero-order chi connectivity index (χ0) is 13.7. The molecule has 1 unspecified atom stereocenters. The highest BCUT2D eigenvalue weighted by molar-refractivity contribution is 7.13. The van der Waals surface area contributed by atoms with Crippen LogP contribution >= 0.6 is 22.9 Å². The molecule has 19 heavy (non-hydrogen) atoms. The molecule has 2 aromatic rings. The van der Waals surface area contributed by atoms with Gasteiger partial charge in [0.05, 0.1) is 24.3 Å². The largest absolute Gasteiger partial charge is 0.374 e. The number of benzene rings is 1. The lowest BCUT2D eigenvalue weighted by molar-refractivity contribution is 0.0508. The Morgan fingerprint density at radius 3 is 2.63 bits per heavy atom. The summed E-state index contributed by atoms with van der Waals surface area (Å²) in [6.45, 7) is 4.89. The molecule has 0 fully saturated rings. The van der Waals surface area contributed by atoms with Gasteiger partial charge in [-0.2, -0.15) is 0 Å². The quantitative estimate of drug-likeness (QED) is 0.710. The Balaban J connectivity index is 2.01. The van der Waals surface area contributed by atoms with Crippen molar-refractivity contribution in [3.63, 3.8) is 0 Å². The molecule has 0 spiro atoms. The molecule has 0 aliphatic rings. The van der Waals surface area contributed by atoms with Gasteiger partial charge in [0.15, 0.2) is 0 Å². The second-order valence-electron chi connectivity index (χ2n) is 4.50. The molecule has 1 atom stereocenters. The van der Waals surface area contributed by atoms with Crippen LogP contribution in [-0.2, 0) is 17.2 Å². The van der Waals surface area contributed by atoms with Crippen LogP contribution in [0.4, 0.5) is 0 Å². The molecule has 0 saturated heterocycles. The van der Waals surface area contributed by atoms with Crippen molar-refractivity contribution in [3.05, 3.63) is 40.9 Å². The molecule has 102 valence electrons. The van der Waals surface area contributed by atoms with Crippen LogP contribution in [0.15, 0.2) is 29.6 Å². The smallest absolute Gasteiger partial charge is 0.123 e. The Labute approximate surface area is 123 Å². The van der Waals surface area contributed by atoms with Gasteiger partial charge in [0, 0.05) is 10.9 Å². The van der Waals surface area contributed by atoms with Crippen LogP contribution in [0.25, 0.3) is 10.6 Å². The summed E-state index contributed by atoms with van der Waals surface area (Å²) >= 11 is 7.39. The first-order chi connectivity index (χ1) is 9.22. The van der Waals surface area contributed by atoms with Crippen LogP contribution in [0.1, 0.15) is 31.5 Å². The average Bonchev–Trinajstić information content (AvgIpc) is 2.94. The molecule has 0 saturated carbocycles. The summed E-state index contributed by atoms with van der Waals surface area (Å²) in [5.41, 5.74) is 3.26. The van der Waals surface area contributed by atoms with Crippen LogP contribution in [0.3, 0.4) is 0 Å². The molecule has 0 aliphatic heterocycles. The summed E-state index contributed by atoms with van der Waals surface area (Å²) in [7, 11) is 0. The molecular weight excluding hydrogens is 278 g/mol. The van der Waals surface area contributed by atoms with Crippen LogP contribution in [0.5, 0.6) is 0 Å². The summed E-state index contributed by atoms with van der Waals surface area (Å²) in [5.74, 6) is 0.470. The van der Waals surface area contributed by atoms with Gasteiger partial charge < -0.3 is 4.74 Å². The first-order valence-electron chi connectivity index (χ1n) is 6.44. The van der Waals surface area contributed by atoms with E-state index in [9.17, 15) is 0 Å². The van der Waals surface area contributed by atoms with E-state index >= 15 is 0 Å². The maximum atomic E-state index is 5.77. The second kappa shape index (κ2) is 7.04. The molecule has 2 nitrogen and oxygen atoms in total. The van der Waals surface area contributed by atoms with Crippen molar-refractivity contribution in [2.24, 2.45) is 0 Å². The SMILES string of the molecule is CCC(C)OCc1ccc(-c2nc(CCl)cs2)cc1. The van der Waals surface area contributed by atoms with Crippen LogP contribution in [-0.4, -0.2) is 11.1 Å². The van der Waals surface area contributed by atoms with Gasteiger partial charge in [0.2, 0.25) is 0 Å². The number of ether oxygens (including phenoxy) is 1. The third-order valence-corrected chi connectivity index (χ3v) is 4.21. The molecule has 1 heterocycles. The molecular formula is C15H18ClNOS. The molecule has 4 heteroatoms. The minimum absolute atomic E-state index is 0.310. The van der Waals surface area contributed by atoms with Gasteiger partial charge in [0.1, 0.15) is 5.01 Å². The minimum atomic E-state index is 0.310. The molecule has 1 aromatic heterocycles. The summed E-state index contributed by atoms with van der Waals surface area (Å²) in [6, 6.07) is 8.37. The molecule has 2 rings (SSSR count). The van der Waals surface area contributed by atoms with E-state index in [0.717, 1.165) is 22.7 Å². The fourth-order valence-electron chi connectivity index (χ4n) is 1.60. The summed E-state index contributed by atoms with van der Waals surface area (Å²) in [5, 5.41) is 3.02. The van der Waals surface area contributed by atoms with Crippen LogP contribution in [0, 0.1) is 0 Å². The van der Waals surface area contributed by atoms with Gasteiger partial charge in [-0.05, 0) is 18.9 Å².